The summed E-state index contributed by atoms with van der Waals surface area (Å²) in [6.45, 7) is 4.06. The number of azo groups is 1. The minimum atomic E-state index is -0.267. The summed E-state index contributed by atoms with van der Waals surface area (Å²) in [6, 6.07) is 10.7. The number of carbonyl (C=O) groups is 1. The number of hydrogen-bond acceptors (Lipinski definition) is 6. The number of benzene rings is 2. The van der Waals surface area contributed by atoms with Gasteiger partial charge in [0.2, 0.25) is 0 Å². The van der Waals surface area contributed by atoms with E-state index in [-0.39, 0.29) is 11.7 Å². The number of thiocarbonyl (C=S) groups is 1. The maximum atomic E-state index is 11.7. The van der Waals surface area contributed by atoms with Crippen LogP contribution in [-0.4, -0.2) is 15.3 Å². The number of nitrogens with zero attached hydrogens (tertiary/aromatic N) is 2. The molecule has 1 aliphatic heterocycles. The number of amides is 1. The van der Waals surface area contributed by atoms with E-state index in [1.54, 1.807) is 18.2 Å². The van der Waals surface area contributed by atoms with Gasteiger partial charge in [0.15, 0.2) is 0 Å². The number of aromatic hydroxyl groups is 1. The zero-order valence-corrected chi connectivity index (χ0v) is 15.2. The van der Waals surface area contributed by atoms with Gasteiger partial charge in [0, 0.05) is 5.56 Å². The molecule has 0 aromatic heterocycles. The zero-order chi connectivity index (χ0) is 18.0. The van der Waals surface area contributed by atoms with Crippen molar-refractivity contribution in [2.75, 3.05) is 0 Å². The first-order valence-corrected chi connectivity index (χ1v) is 8.72. The van der Waals surface area contributed by atoms with Gasteiger partial charge in [0.1, 0.15) is 10.1 Å². The second-order valence-corrected chi connectivity index (χ2v) is 7.28. The molecule has 0 atom stereocenters. The molecule has 1 amide bonds. The van der Waals surface area contributed by atoms with Crippen LogP contribution in [0, 0.1) is 13.8 Å². The first-order chi connectivity index (χ1) is 11.9. The average Bonchev–Trinajstić information content (AvgIpc) is 2.89. The van der Waals surface area contributed by atoms with Crippen molar-refractivity contribution < 1.29 is 9.90 Å². The van der Waals surface area contributed by atoms with Crippen molar-refractivity contribution in [1.29, 1.82) is 0 Å². The van der Waals surface area contributed by atoms with Gasteiger partial charge in [-0.25, -0.2) is 0 Å². The molecule has 3 rings (SSSR count). The molecule has 7 heteroatoms. The van der Waals surface area contributed by atoms with Crippen LogP contribution in [0.25, 0.3) is 6.08 Å². The van der Waals surface area contributed by atoms with Gasteiger partial charge < -0.3 is 10.4 Å². The molecule has 0 bridgehead atoms. The Kier molecular flexibility index (Phi) is 4.96. The van der Waals surface area contributed by atoms with Crippen LogP contribution < -0.4 is 5.32 Å². The van der Waals surface area contributed by atoms with Gasteiger partial charge in [-0.1, -0.05) is 30.0 Å². The summed E-state index contributed by atoms with van der Waals surface area (Å²) in [6.07, 6.45) is 1.59. The van der Waals surface area contributed by atoms with E-state index in [1.807, 2.05) is 32.0 Å². The SMILES string of the molecule is Cc1ccc(N=Nc2ccc(O)c(/C=C3\SC(=S)NC3=O)c2)cc1C. The van der Waals surface area contributed by atoms with Gasteiger partial charge in [-0.3, -0.25) is 4.79 Å². The predicted molar refractivity (Wildman–Crippen MR) is 105 cm³/mol. The van der Waals surface area contributed by atoms with E-state index < -0.39 is 0 Å². The second-order valence-electron chi connectivity index (χ2n) is 5.56. The molecule has 1 fully saturated rings. The fourth-order valence-electron chi connectivity index (χ4n) is 2.19. The molecule has 0 saturated carbocycles. The van der Waals surface area contributed by atoms with Crippen LogP contribution >= 0.6 is 24.0 Å². The molecule has 0 aliphatic carbocycles. The molecule has 126 valence electrons. The van der Waals surface area contributed by atoms with Crippen molar-refractivity contribution in [3.8, 4) is 5.75 Å². The van der Waals surface area contributed by atoms with Crippen LogP contribution in [0.2, 0.25) is 0 Å². The van der Waals surface area contributed by atoms with Crippen LogP contribution in [0.1, 0.15) is 16.7 Å². The summed E-state index contributed by atoms with van der Waals surface area (Å²) < 4.78 is 0.404. The predicted octanol–water partition coefficient (Wildman–Crippen LogP) is 4.91. The molecular weight excluding hydrogens is 354 g/mol. The van der Waals surface area contributed by atoms with E-state index in [1.165, 1.54) is 11.6 Å². The molecule has 0 unspecified atom stereocenters. The average molecular weight is 369 g/mol. The highest BCUT2D eigenvalue weighted by molar-refractivity contribution is 8.26. The van der Waals surface area contributed by atoms with Gasteiger partial charge in [-0.2, -0.15) is 10.2 Å². The lowest BCUT2D eigenvalue weighted by atomic mass is 10.1. The molecular formula is C18H15N3O2S2. The van der Waals surface area contributed by atoms with Crippen molar-refractivity contribution in [2.24, 2.45) is 10.2 Å². The highest BCUT2D eigenvalue weighted by Gasteiger charge is 2.22. The lowest BCUT2D eigenvalue weighted by molar-refractivity contribution is -0.115. The zero-order valence-electron chi connectivity index (χ0n) is 13.6. The third kappa shape index (κ3) is 4.12. The topological polar surface area (TPSA) is 74.1 Å². The number of phenolic OH excluding ortho intramolecular Hbond substituents is 1. The Morgan fingerprint density at radius 2 is 1.76 bits per heavy atom. The molecule has 25 heavy (non-hydrogen) atoms. The largest absolute Gasteiger partial charge is 0.507 e. The minimum Gasteiger partial charge on any atom is -0.507 e. The fraction of sp³-hybridized carbons (Fsp3) is 0.111. The quantitative estimate of drug-likeness (QED) is 0.458. The molecule has 2 N–H and O–H groups in total. The molecule has 2 aromatic rings. The van der Waals surface area contributed by atoms with E-state index in [0.717, 1.165) is 23.0 Å². The van der Waals surface area contributed by atoms with Gasteiger partial charge in [-0.15, -0.1) is 0 Å². The molecule has 0 spiro atoms. The van der Waals surface area contributed by atoms with Crippen molar-refractivity contribution in [3.05, 3.63) is 58.0 Å². The second kappa shape index (κ2) is 7.16. The van der Waals surface area contributed by atoms with Gasteiger partial charge in [-0.05, 0) is 61.4 Å². The van der Waals surface area contributed by atoms with Crippen LogP contribution in [0.5, 0.6) is 5.75 Å². The fourth-order valence-corrected chi connectivity index (χ4v) is 3.22. The Morgan fingerprint density at radius 1 is 1.08 bits per heavy atom. The normalized spacial score (nSPS) is 16.0. The third-order valence-corrected chi connectivity index (χ3v) is 4.87. The number of nitrogens with one attached hydrogen (secondary N) is 1. The number of rotatable bonds is 3. The van der Waals surface area contributed by atoms with Crippen LogP contribution in [-0.2, 0) is 4.79 Å². The maximum absolute atomic E-state index is 11.7. The monoisotopic (exact) mass is 369 g/mol. The van der Waals surface area contributed by atoms with Crippen LogP contribution in [0.4, 0.5) is 11.4 Å². The van der Waals surface area contributed by atoms with Crippen molar-refractivity contribution >= 4 is 51.7 Å². The Morgan fingerprint density at radius 3 is 2.40 bits per heavy atom. The van der Waals surface area contributed by atoms with Gasteiger partial charge >= 0.3 is 0 Å². The summed E-state index contributed by atoms with van der Waals surface area (Å²) in [5.41, 5.74) is 4.16. The molecule has 1 saturated heterocycles. The van der Waals surface area contributed by atoms with E-state index in [4.69, 9.17) is 12.2 Å². The first kappa shape index (κ1) is 17.3. The highest BCUT2D eigenvalue weighted by atomic mass is 32.2. The van der Waals surface area contributed by atoms with Gasteiger partial charge in [0.25, 0.3) is 5.91 Å². The van der Waals surface area contributed by atoms with E-state index in [0.29, 0.717) is 20.5 Å². The minimum absolute atomic E-state index is 0.0591. The standard InChI is InChI=1S/C18H15N3O2S2/c1-10-3-4-13(7-11(10)2)20-21-14-5-6-15(22)12(8-14)9-16-17(23)19-18(24)25-16/h3-9,22H,1-2H3,(H,19,23,24)/b16-9-,21-20?. The Hall–Kier alpha value is -2.51. The summed E-state index contributed by atoms with van der Waals surface area (Å²) in [4.78, 5) is 12.2. The number of aryl methyl sites for hydroxylation is 2. The molecule has 0 radical (unpaired) electrons. The van der Waals surface area contributed by atoms with Crippen LogP contribution in [0.15, 0.2) is 51.5 Å². The van der Waals surface area contributed by atoms with Crippen LogP contribution in [0.3, 0.4) is 0 Å². The van der Waals surface area contributed by atoms with E-state index >= 15 is 0 Å². The lowest BCUT2D eigenvalue weighted by Gasteiger charge is -2.02. The summed E-state index contributed by atoms with van der Waals surface area (Å²) in [7, 11) is 0. The molecule has 2 aromatic carbocycles. The Bertz CT molecular complexity index is 936. The van der Waals surface area contributed by atoms with E-state index in [9.17, 15) is 9.90 Å². The molecule has 5 nitrogen and oxygen atoms in total. The summed E-state index contributed by atoms with van der Waals surface area (Å²) >= 11 is 6.12. The molecule has 1 heterocycles. The Balaban J connectivity index is 1.87. The number of hydrogen-bond donors (Lipinski definition) is 2. The summed E-state index contributed by atoms with van der Waals surface area (Å²) in [5.74, 6) is -0.208. The van der Waals surface area contributed by atoms with Gasteiger partial charge in [0.05, 0.1) is 16.3 Å². The first-order valence-electron chi connectivity index (χ1n) is 7.49. The maximum Gasteiger partial charge on any atom is 0.263 e. The van der Waals surface area contributed by atoms with Crippen molar-refractivity contribution in [3.63, 3.8) is 0 Å². The third-order valence-electron chi connectivity index (χ3n) is 3.71. The lowest BCUT2D eigenvalue weighted by Crippen LogP contribution is -2.17. The highest BCUT2D eigenvalue weighted by Crippen LogP contribution is 2.31. The Labute approximate surface area is 154 Å². The number of thioether (sulfide) groups is 1. The summed E-state index contributed by atoms with van der Waals surface area (Å²) in [5, 5.41) is 21.0. The number of carbonyl (C=O) groups excluding carboxylic acids is 1. The van der Waals surface area contributed by atoms with E-state index in [2.05, 4.69) is 15.5 Å². The van der Waals surface area contributed by atoms with Crippen molar-refractivity contribution in [2.45, 2.75) is 13.8 Å². The number of phenols is 1. The smallest absolute Gasteiger partial charge is 0.263 e. The molecule has 1 aliphatic rings. The van der Waals surface area contributed by atoms with Crippen molar-refractivity contribution in [1.82, 2.24) is 5.32 Å².